The number of aromatic nitrogens is 2. The number of hydrogen-bond acceptors (Lipinski definition) is 6. The molecule has 0 spiro atoms. The van der Waals surface area contributed by atoms with Crippen molar-refractivity contribution in [3.63, 3.8) is 0 Å². The number of hydrogen-bond donors (Lipinski definition) is 1. The molecule has 2 rings (SSSR count). The van der Waals surface area contributed by atoms with Crippen LogP contribution in [0.4, 0.5) is 11.8 Å². The summed E-state index contributed by atoms with van der Waals surface area (Å²) in [6.45, 7) is 1.96. The molecule has 1 aromatic heterocycles. The maximum absolute atomic E-state index is 11.4. The lowest BCUT2D eigenvalue weighted by atomic mass is 10.2. The number of aryl methyl sites for hydroxylation is 1. The second kappa shape index (κ2) is 5.32. The first-order valence-corrected chi connectivity index (χ1v) is 8.17. The topological polar surface area (TPSA) is 75.2 Å². The third kappa shape index (κ3) is 3.56. The number of anilines is 2. The molecule has 1 fully saturated rings. The van der Waals surface area contributed by atoms with E-state index in [-0.39, 0.29) is 17.5 Å². The van der Waals surface area contributed by atoms with Crippen molar-refractivity contribution in [1.82, 2.24) is 9.97 Å². The minimum Gasteiger partial charge on any atom is -0.362 e. The third-order valence-electron chi connectivity index (χ3n) is 3.26. The van der Waals surface area contributed by atoms with Gasteiger partial charge in [0.15, 0.2) is 0 Å². The fraction of sp³-hybridized carbons (Fsp3) is 0.667. The molecule has 0 saturated carbocycles. The van der Waals surface area contributed by atoms with E-state index in [2.05, 4.69) is 15.3 Å². The van der Waals surface area contributed by atoms with Gasteiger partial charge in [0.05, 0.1) is 11.5 Å². The highest BCUT2D eigenvalue weighted by Gasteiger charge is 2.24. The van der Waals surface area contributed by atoms with E-state index in [4.69, 9.17) is 0 Å². The zero-order valence-electron chi connectivity index (χ0n) is 11.5. The van der Waals surface area contributed by atoms with E-state index >= 15 is 0 Å². The molecule has 0 bridgehead atoms. The molecular weight excluding hydrogens is 264 g/mol. The van der Waals surface area contributed by atoms with E-state index in [1.807, 2.05) is 25.9 Å². The Kier molecular flexibility index (Phi) is 3.93. The van der Waals surface area contributed by atoms with Gasteiger partial charge in [0.1, 0.15) is 15.7 Å². The molecule has 1 aromatic rings. The zero-order chi connectivity index (χ0) is 14.0. The van der Waals surface area contributed by atoms with Crippen molar-refractivity contribution in [3.05, 3.63) is 11.8 Å². The lowest BCUT2D eigenvalue weighted by Crippen LogP contribution is -2.32. The van der Waals surface area contributed by atoms with Gasteiger partial charge in [0, 0.05) is 31.9 Å². The lowest BCUT2D eigenvalue weighted by Gasteiger charge is -2.23. The summed E-state index contributed by atoms with van der Waals surface area (Å²) in [6, 6.07) is 0.140. The Labute approximate surface area is 114 Å². The summed E-state index contributed by atoms with van der Waals surface area (Å²) in [6.07, 6.45) is 3.03. The quantitative estimate of drug-likeness (QED) is 0.886. The molecule has 0 aromatic carbocycles. The summed E-state index contributed by atoms with van der Waals surface area (Å²) in [5.74, 6) is 1.94. The number of nitrogens with one attached hydrogen (secondary N) is 1. The summed E-state index contributed by atoms with van der Waals surface area (Å²) in [7, 11) is 1.05. The molecular formula is C12H20N4O2S. The van der Waals surface area contributed by atoms with Gasteiger partial charge in [0.25, 0.3) is 0 Å². The van der Waals surface area contributed by atoms with Gasteiger partial charge < -0.3 is 10.2 Å². The highest BCUT2D eigenvalue weighted by atomic mass is 32.2. The summed E-state index contributed by atoms with van der Waals surface area (Å²) in [5, 5.41) is 3.23. The van der Waals surface area contributed by atoms with Crippen LogP contribution in [0.3, 0.4) is 0 Å². The molecule has 0 unspecified atom stereocenters. The van der Waals surface area contributed by atoms with Crippen LogP contribution in [0.1, 0.15) is 18.4 Å². The second-order valence-corrected chi connectivity index (χ2v) is 7.47. The Balaban J connectivity index is 2.06. The van der Waals surface area contributed by atoms with Crippen LogP contribution < -0.4 is 10.2 Å². The van der Waals surface area contributed by atoms with Gasteiger partial charge in [-0.15, -0.1) is 0 Å². The molecule has 19 heavy (non-hydrogen) atoms. The summed E-state index contributed by atoms with van der Waals surface area (Å²) < 4.78 is 22.7. The average molecular weight is 284 g/mol. The summed E-state index contributed by atoms with van der Waals surface area (Å²) in [5.41, 5.74) is 1.02. The molecule has 1 saturated heterocycles. The summed E-state index contributed by atoms with van der Waals surface area (Å²) >= 11 is 0. The Morgan fingerprint density at radius 2 is 1.95 bits per heavy atom. The van der Waals surface area contributed by atoms with E-state index in [0.29, 0.717) is 18.8 Å². The van der Waals surface area contributed by atoms with Gasteiger partial charge >= 0.3 is 0 Å². The van der Waals surface area contributed by atoms with Crippen LogP contribution >= 0.6 is 0 Å². The maximum atomic E-state index is 11.4. The molecule has 7 heteroatoms. The van der Waals surface area contributed by atoms with Crippen LogP contribution in [0.2, 0.25) is 0 Å². The molecule has 1 aliphatic rings. The molecule has 0 atom stereocenters. The minimum atomic E-state index is -2.83. The first-order valence-electron chi connectivity index (χ1n) is 6.35. The Morgan fingerprint density at radius 1 is 1.32 bits per heavy atom. The normalized spacial score (nSPS) is 19.1. The fourth-order valence-electron chi connectivity index (χ4n) is 2.17. The molecule has 0 amide bonds. The predicted molar refractivity (Wildman–Crippen MR) is 76.4 cm³/mol. The van der Waals surface area contributed by atoms with Crippen molar-refractivity contribution in [2.24, 2.45) is 0 Å². The lowest BCUT2D eigenvalue weighted by molar-refractivity contribution is 0.558. The van der Waals surface area contributed by atoms with E-state index < -0.39 is 9.84 Å². The van der Waals surface area contributed by atoms with E-state index in [1.165, 1.54) is 0 Å². The van der Waals surface area contributed by atoms with Crippen molar-refractivity contribution in [3.8, 4) is 0 Å². The second-order valence-electron chi connectivity index (χ2n) is 5.17. The van der Waals surface area contributed by atoms with Gasteiger partial charge in [0.2, 0.25) is 5.95 Å². The SMILES string of the molecule is Cc1cnc(NC2CCS(=O)(=O)CC2)nc1N(C)C. The minimum absolute atomic E-state index is 0.140. The van der Waals surface area contributed by atoms with Crippen LogP contribution in [-0.2, 0) is 9.84 Å². The molecule has 2 heterocycles. The fourth-order valence-corrected chi connectivity index (χ4v) is 3.66. The van der Waals surface area contributed by atoms with Crippen LogP contribution in [0.25, 0.3) is 0 Å². The van der Waals surface area contributed by atoms with Crippen molar-refractivity contribution >= 4 is 21.6 Å². The maximum Gasteiger partial charge on any atom is 0.224 e. The molecule has 0 aliphatic carbocycles. The highest BCUT2D eigenvalue weighted by molar-refractivity contribution is 7.91. The largest absolute Gasteiger partial charge is 0.362 e. The van der Waals surface area contributed by atoms with Gasteiger partial charge in [-0.3, -0.25) is 0 Å². The van der Waals surface area contributed by atoms with Gasteiger partial charge in [-0.25, -0.2) is 13.4 Å². The van der Waals surface area contributed by atoms with Crippen LogP contribution in [-0.4, -0.2) is 50.0 Å². The monoisotopic (exact) mass is 284 g/mol. The molecule has 1 aliphatic heterocycles. The van der Waals surface area contributed by atoms with Crippen molar-refractivity contribution in [2.75, 3.05) is 35.8 Å². The molecule has 0 radical (unpaired) electrons. The molecule has 6 nitrogen and oxygen atoms in total. The Bertz CT molecular complexity index is 543. The first-order chi connectivity index (χ1) is 8.87. The predicted octanol–water partition coefficient (Wildman–Crippen LogP) is 0.840. The van der Waals surface area contributed by atoms with Crippen molar-refractivity contribution in [1.29, 1.82) is 0 Å². The third-order valence-corrected chi connectivity index (χ3v) is 4.97. The molecule has 1 N–H and O–H groups in total. The van der Waals surface area contributed by atoms with Crippen LogP contribution in [0.15, 0.2) is 6.20 Å². The van der Waals surface area contributed by atoms with Crippen LogP contribution in [0.5, 0.6) is 0 Å². The van der Waals surface area contributed by atoms with E-state index in [9.17, 15) is 8.42 Å². The summed E-state index contributed by atoms with van der Waals surface area (Å²) in [4.78, 5) is 10.6. The standard InChI is InChI=1S/C12H20N4O2S/c1-9-8-13-12(15-11(9)16(2)3)14-10-4-6-19(17,18)7-5-10/h8,10H,4-7H2,1-3H3,(H,13,14,15). The number of sulfone groups is 1. The van der Waals surface area contributed by atoms with Crippen molar-refractivity contribution < 1.29 is 8.42 Å². The van der Waals surface area contributed by atoms with Crippen molar-refractivity contribution in [2.45, 2.75) is 25.8 Å². The first kappa shape index (κ1) is 14.0. The van der Waals surface area contributed by atoms with E-state index in [0.717, 1.165) is 11.4 Å². The van der Waals surface area contributed by atoms with Crippen LogP contribution in [0, 0.1) is 6.92 Å². The molecule has 106 valence electrons. The zero-order valence-corrected chi connectivity index (χ0v) is 12.4. The number of nitrogens with zero attached hydrogens (tertiary/aromatic N) is 3. The smallest absolute Gasteiger partial charge is 0.224 e. The van der Waals surface area contributed by atoms with E-state index in [1.54, 1.807) is 6.20 Å². The highest BCUT2D eigenvalue weighted by Crippen LogP contribution is 2.19. The average Bonchev–Trinajstić information content (AvgIpc) is 2.34. The van der Waals surface area contributed by atoms with Gasteiger partial charge in [-0.2, -0.15) is 4.98 Å². The van der Waals surface area contributed by atoms with Gasteiger partial charge in [-0.05, 0) is 19.8 Å². The van der Waals surface area contributed by atoms with Gasteiger partial charge in [-0.1, -0.05) is 0 Å². The Hall–Kier alpha value is -1.37. The number of rotatable bonds is 3. The Morgan fingerprint density at radius 3 is 2.53 bits per heavy atom.